The van der Waals surface area contributed by atoms with E-state index >= 15 is 0 Å². The third kappa shape index (κ3) is 4.55. The van der Waals surface area contributed by atoms with Gasteiger partial charge in [0.15, 0.2) is 11.9 Å². The summed E-state index contributed by atoms with van der Waals surface area (Å²) >= 11 is 1.36. The largest absolute Gasteiger partial charge is 0.479 e. The second-order valence-electron chi connectivity index (χ2n) is 6.63. The average molecular weight is 443 g/mol. The van der Waals surface area contributed by atoms with E-state index in [1.54, 1.807) is 43.3 Å². The molecule has 0 bridgehead atoms. The molecule has 0 aliphatic heterocycles. The predicted molar refractivity (Wildman–Crippen MR) is 123 cm³/mol. The number of benzene rings is 2. The van der Waals surface area contributed by atoms with Crippen molar-refractivity contribution >= 4 is 45.1 Å². The molecule has 32 heavy (non-hydrogen) atoms. The molecular formula is C23H17N5O3S. The van der Waals surface area contributed by atoms with Crippen LogP contribution in [0.15, 0.2) is 60.9 Å². The second-order valence-corrected chi connectivity index (χ2v) is 7.61. The van der Waals surface area contributed by atoms with Gasteiger partial charge in [0.1, 0.15) is 21.7 Å². The number of carbonyl (C=O) groups excluding carboxylic acids is 1. The van der Waals surface area contributed by atoms with E-state index in [9.17, 15) is 14.7 Å². The normalized spacial score (nSPS) is 11.3. The van der Waals surface area contributed by atoms with Gasteiger partial charge in [0.05, 0.1) is 0 Å². The van der Waals surface area contributed by atoms with Crippen LogP contribution in [-0.2, 0) is 9.59 Å². The van der Waals surface area contributed by atoms with Gasteiger partial charge < -0.3 is 15.7 Å². The highest BCUT2D eigenvalue weighted by molar-refractivity contribution is 7.21. The van der Waals surface area contributed by atoms with E-state index < -0.39 is 12.0 Å². The molecule has 0 aliphatic carbocycles. The van der Waals surface area contributed by atoms with Gasteiger partial charge >= 0.3 is 5.97 Å². The van der Waals surface area contributed by atoms with Crippen molar-refractivity contribution in [2.24, 2.45) is 0 Å². The summed E-state index contributed by atoms with van der Waals surface area (Å²) in [4.78, 5) is 37.2. The number of carbonyl (C=O) groups is 2. The topological polar surface area (TPSA) is 117 Å². The monoisotopic (exact) mass is 443 g/mol. The van der Waals surface area contributed by atoms with Gasteiger partial charge in [-0.3, -0.25) is 4.79 Å². The third-order valence-electron chi connectivity index (χ3n) is 4.48. The lowest BCUT2D eigenvalue weighted by Crippen LogP contribution is -2.21. The van der Waals surface area contributed by atoms with Gasteiger partial charge in [0.25, 0.3) is 5.91 Å². The lowest BCUT2D eigenvalue weighted by atomic mass is 10.1. The van der Waals surface area contributed by atoms with Crippen molar-refractivity contribution in [2.45, 2.75) is 13.0 Å². The molecule has 0 fully saturated rings. The van der Waals surface area contributed by atoms with Gasteiger partial charge in [-0.1, -0.05) is 47.6 Å². The van der Waals surface area contributed by atoms with E-state index in [0.717, 1.165) is 5.56 Å². The van der Waals surface area contributed by atoms with Crippen molar-refractivity contribution in [2.75, 3.05) is 10.6 Å². The minimum Gasteiger partial charge on any atom is -0.479 e. The highest BCUT2D eigenvalue weighted by atomic mass is 32.1. The number of rotatable bonds is 6. The molecule has 0 radical (unpaired) electrons. The molecule has 2 heterocycles. The van der Waals surface area contributed by atoms with E-state index in [4.69, 9.17) is 0 Å². The number of carboxylic acids is 1. The first-order valence-electron chi connectivity index (χ1n) is 9.55. The van der Waals surface area contributed by atoms with Crippen LogP contribution in [0.5, 0.6) is 0 Å². The Hall–Kier alpha value is -4.29. The summed E-state index contributed by atoms with van der Waals surface area (Å²) in [6, 6.07) is 15.1. The van der Waals surface area contributed by atoms with Crippen LogP contribution in [-0.4, -0.2) is 31.9 Å². The quantitative estimate of drug-likeness (QED) is 0.386. The number of fused-ring (bicyclic) bond motifs is 1. The Morgan fingerprint density at radius 2 is 1.81 bits per heavy atom. The summed E-state index contributed by atoms with van der Waals surface area (Å²) < 4.78 is 0. The summed E-state index contributed by atoms with van der Waals surface area (Å²) in [5.74, 6) is 3.92. The van der Waals surface area contributed by atoms with Crippen LogP contribution in [0.2, 0.25) is 0 Å². The first kappa shape index (κ1) is 21.0. The van der Waals surface area contributed by atoms with E-state index in [1.165, 1.54) is 17.7 Å². The molecule has 4 aromatic rings. The minimum atomic E-state index is -1.02. The van der Waals surface area contributed by atoms with Crippen molar-refractivity contribution in [1.29, 1.82) is 0 Å². The molecular weight excluding hydrogens is 426 g/mol. The highest BCUT2D eigenvalue weighted by Gasteiger charge is 2.22. The Kier molecular flexibility index (Phi) is 6.05. The summed E-state index contributed by atoms with van der Waals surface area (Å²) in [5, 5.41) is 16.1. The summed E-state index contributed by atoms with van der Waals surface area (Å²) in [5.41, 5.74) is 2.55. The number of nitrogens with zero attached hydrogens (tertiary/aromatic N) is 3. The molecule has 1 amide bonds. The van der Waals surface area contributed by atoms with E-state index in [-0.39, 0.29) is 5.91 Å². The maximum atomic E-state index is 11.9. The molecule has 2 aromatic carbocycles. The molecule has 9 heteroatoms. The fourth-order valence-electron chi connectivity index (χ4n) is 3.02. The van der Waals surface area contributed by atoms with Crippen LogP contribution in [0.3, 0.4) is 0 Å². The number of hydrogen-bond donors (Lipinski definition) is 3. The van der Waals surface area contributed by atoms with Crippen LogP contribution in [0.1, 0.15) is 18.5 Å². The van der Waals surface area contributed by atoms with Crippen LogP contribution in [0.25, 0.3) is 20.9 Å². The maximum Gasteiger partial charge on any atom is 0.330 e. The standard InChI is InChI=1S/C23H17N5O3S/c1-2-6-17(29)26-16-11-9-15(10-12-16)21-28-19-20(24-13-25-22(19)32-21)27-18(23(30)31)14-7-4-3-5-8-14/h3-5,7-13,18H,1H3,(H,26,29)(H,30,31)(H,24,25,27)/t18-/m0/s1. The van der Waals surface area contributed by atoms with Gasteiger partial charge in [0, 0.05) is 11.3 Å². The Bertz CT molecular complexity index is 1340. The smallest absolute Gasteiger partial charge is 0.330 e. The zero-order valence-electron chi connectivity index (χ0n) is 16.9. The lowest BCUT2D eigenvalue weighted by Gasteiger charge is -2.15. The zero-order chi connectivity index (χ0) is 22.5. The molecule has 8 nitrogen and oxygen atoms in total. The molecule has 0 unspecified atom stereocenters. The zero-order valence-corrected chi connectivity index (χ0v) is 17.7. The number of nitrogens with one attached hydrogen (secondary N) is 2. The van der Waals surface area contributed by atoms with Gasteiger partial charge in [-0.25, -0.2) is 19.7 Å². The van der Waals surface area contributed by atoms with Crippen LogP contribution >= 0.6 is 11.3 Å². The lowest BCUT2D eigenvalue weighted by molar-refractivity contribution is -0.138. The SMILES string of the molecule is CC#CC(=O)Nc1ccc(-c2nc3c(N[C@H](C(=O)O)c4ccccc4)ncnc3s2)cc1. The molecule has 0 saturated heterocycles. The first-order chi connectivity index (χ1) is 15.5. The third-order valence-corrected chi connectivity index (χ3v) is 5.50. The predicted octanol–water partition coefficient (Wildman–Crippen LogP) is 3.95. The Balaban J connectivity index is 1.63. The van der Waals surface area contributed by atoms with Crippen LogP contribution in [0.4, 0.5) is 11.5 Å². The molecule has 1 atom stereocenters. The van der Waals surface area contributed by atoms with E-state index in [2.05, 4.69) is 37.4 Å². The molecule has 158 valence electrons. The van der Waals surface area contributed by atoms with Crippen molar-refractivity contribution in [3.8, 4) is 22.4 Å². The van der Waals surface area contributed by atoms with E-state index in [1.807, 2.05) is 18.2 Å². The fraction of sp³-hybridized carbons (Fsp3) is 0.0870. The summed E-state index contributed by atoms with van der Waals surface area (Å²) in [6.07, 6.45) is 1.38. The van der Waals surface area contributed by atoms with Gasteiger partial charge in [-0.15, -0.1) is 0 Å². The average Bonchev–Trinajstić information content (AvgIpc) is 3.23. The van der Waals surface area contributed by atoms with Crippen molar-refractivity contribution in [1.82, 2.24) is 15.0 Å². The number of aliphatic carboxylic acids is 1. The van der Waals surface area contributed by atoms with Gasteiger partial charge in [0.2, 0.25) is 0 Å². The molecule has 4 rings (SSSR count). The molecule has 0 aliphatic rings. The molecule has 0 saturated carbocycles. The number of aromatic nitrogens is 3. The second kappa shape index (κ2) is 9.24. The highest BCUT2D eigenvalue weighted by Crippen LogP contribution is 2.33. The maximum absolute atomic E-state index is 11.9. The molecule has 3 N–H and O–H groups in total. The Morgan fingerprint density at radius 1 is 1.06 bits per heavy atom. The van der Waals surface area contributed by atoms with Crippen molar-refractivity contribution in [3.05, 3.63) is 66.5 Å². The Morgan fingerprint density at radius 3 is 2.50 bits per heavy atom. The molecule has 0 spiro atoms. The Labute approximate surface area is 187 Å². The molecule has 2 aromatic heterocycles. The van der Waals surface area contributed by atoms with Gasteiger partial charge in [-0.2, -0.15) is 0 Å². The van der Waals surface area contributed by atoms with Crippen molar-refractivity contribution < 1.29 is 14.7 Å². The number of hydrogen-bond acceptors (Lipinski definition) is 7. The minimum absolute atomic E-state index is 0.343. The summed E-state index contributed by atoms with van der Waals surface area (Å²) in [6.45, 7) is 1.60. The fourth-order valence-corrected chi connectivity index (χ4v) is 3.94. The van der Waals surface area contributed by atoms with Crippen LogP contribution < -0.4 is 10.6 Å². The van der Waals surface area contributed by atoms with E-state index in [0.29, 0.717) is 32.4 Å². The van der Waals surface area contributed by atoms with Crippen LogP contribution in [0, 0.1) is 11.8 Å². The van der Waals surface area contributed by atoms with Gasteiger partial charge in [-0.05, 0) is 42.7 Å². The number of thiazole rings is 1. The number of anilines is 2. The van der Waals surface area contributed by atoms with Crippen molar-refractivity contribution in [3.63, 3.8) is 0 Å². The number of amides is 1. The number of carboxylic acid groups (broad SMARTS) is 1. The first-order valence-corrected chi connectivity index (χ1v) is 10.4. The summed E-state index contributed by atoms with van der Waals surface area (Å²) in [7, 11) is 0.